The summed E-state index contributed by atoms with van der Waals surface area (Å²) >= 11 is 0. The van der Waals surface area contributed by atoms with Crippen molar-refractivity contribution >= 4 is 34.3 Å². The van der Waals surface area contributed by atoms with Crippen LogP contribution in [0.1, 0.15) is 71.1 Å². The summed E-state index contributed by atoms with van der Waals surface area (Å²) in [6.45, 7) is 8.62. The lowest BCUT2D eigenvalue weighted by Gasteiger charge is -2.30. The first-order valence-electron chi connectivity index (χ1n) is 16.0. The van der Waals surface area contributed by atoms with E-state index in [0.29, 0.717) is 25.0 Å². The number of likely N-dealkylation sites (tertiary alicyclic amines) is 1. The van der Waals surface area contributed by atoms with E-state index in [0.717, 1.165) is 87.9 Å². The minimum atomic E-state index is -0.548. The number of ether oxygens (including phenoxy) is 1. The second-order valence-electron chi connectivity index (χ2n) is 13.5. The van der Waals surface area contributed by atoms with Crippen LogP contribution in [0.4, 0.5) is 4.79 Å². The summed E-state index contributed by atoms with van der Waals surface area (Å²) in [6.07, 6.45) is 6.66. The number of carbonyl (C=O) groups excluding carboxylic acids is 2. The predicted molar refractivity (Wildman–Crippen MR) is 175 cm³/mol. The van der Waals surface area contributed by atoms with Crippen LogP contribution in [0.25, 0.3) is 44.2 Å². The molecule has 0 radical (unpaired) electrons. The fourth-order valence-electron chi connectivity index (χ4n) is 7.12. The van der Waals surface area contributed by atoms with Gasteiger partial charge in [-0.25, -0.2) is 14.8 Å². The van der Waals surface area contributed by atoms with Crippen molar-refractivity contribution in [2.24, 2.45) is 5.92 Å². The number of benzene rings is 3. The number of carbonyl (C=O) groups is 2. The highest BCUT2D eigenvalue weighted by Crippen LogP contribution is 2.49. The molecule has 3 heterocycles. The van der Waals surface area contributed by atoms with Gasteiger partial charge in [-0.2, -0.15) is 0 Å². The monoisotopic (exact) mass is 604 g/mol. The molecule has 3 aromatic carbocycles. The van der Waals surface area contributed by atoms with Crippen molar-refractivity contribution in [1.82, 2.24) is 29.7 Å². The summed E-state index contributed by atoms with van der Waals surface area (Å²) in [6, 6.07) is 19.6. The molecule has 2 bridgehead atoms. The number of amides is 2. The minimum Gasteiger partial charge on any atom is -0.444 e. The quantitative estimate of drug-likeness (QED) is 0.177. The van der Waals surface area contributed by atoms with E-state index in [1.807, 2.05) is 38.8 Å². The third kappa shape index (κ3) is 5.56. The molecule has 1 aliphatic heterocycles. The van der Waals surface area contributed by atoms with E-state index in [2.05, 4.69) is 69.5 Å². The second kappa shape index (κ2) is 11.4. The number of nitrogens with one attached hydrogen (secondary N) is 2. The normalized spacial score (nSPS) is 19.5. The molecular formula is C36H40N6O3. The van der Waals surface area contributed by atoms with Gasteiger partial charge in [-0.3, -0.25) is 4.79 Å². The van der Waals surface area contributed by atoms with E-state index < -0.39 is 5.60 Å². The zero-order valence-corrected chi connectivity index (χ0v) is 26.3. The van der Waals surface area contributed by atoms with Gasteiger partial charge in [0.1, 0.15) is 17.2 Å². The van der Waals surface area contributed by atoms with Crippen molar-refractivity contribution in [3.63, 3.8) is 0 Å². The van der Waals surface area contributed by atoms with Crippen LogP contribution in [0, 0.1) is 5.92 Å². The van der Waals surface area contributed by atoms with Gasteiger partial charge in [0.2, 0.25) is 6.41 Å². The molecule has 232 valence electrons. The summed E-state index contributed by atoms with van der Waals surface area (Å²) in [5, 5.41) is 2.23. The molecular weight excluding hydrogens is 564 g/mol. The zero-order valence-electron chi connectivity index (χ0n) is 26.3. The van der Waals surface area contributed by atoms with E-state index in [1.165, 1.54) is 0 Å². The van der Waals surface area contributed by atoms with Crippen LogP contribution in [0.15, 0.2) is 60.8 Å². The maximum atomic E-state index is 12.7. The molecule has 1 saturated heterocycles. The van der Waals surface area contributed by atoms with Crippen LogP contribution in [0.5, 0.6) is 0 Å². The lowest BCUT2D eigenvalue weighted by molar-refractivity contribution is -0.122. The van der Waals surface area contributed by atoms with Gasteiger partial charge in [0.15, 0.2) is 0 Å². The molecule has 5 aromatic rings. The van der Waals surface area contributed by atoms with E-state index in [1.54, 1.807) is 4.90 Å². The van der Waals surface area contributed by atoms with Gasteiger partial charge in [0, 0.05) is 18.0 Å². The topological polar surface area (TPSA) is 107 Å². The van der Waals surface area contributed by atoms with E-state index >= 15 is 0 Å². The summed E-state index contributed by atoms with van der Waals surface area (Å²) in [5.74, 6) is 2.11. The molecule has 2 N–H and O–H groups in total. The van der Waals surface area contributed by atoms with Crippen LogP contribution in [0.2, 0.25) is 0 Å². The second-order valence-corrected chi connectivity index (χ2v) is 13.5. The first kappa shape index (κ1) is 29.1. The summed E-state index contributed by atoms with van der Waals surface area (Å²) in [5.41, 5.74) is 5.58. The fourth-order valence-corrected chi connectivity index (χ4v) is 7.12. The summed E-state index contributed by atoms with van der Waals surface area (Å²) in [4.78, 5) is 44.7. The number of nitrogens with zero attached hydrogens (tertiary/aromatic N) is 4. The van der Waals surface area contributed by atoms with Crippen LogP contribution >= 0.6 is 0 Å². The summed E-state index contributed by atoms with van der Waals surface area (Å²) < 4.78 is 5.59. The van der Waals surface area contributed by atoms with Crippen LogP contribution in [0.3, 0.4) is 0 Å². The molecule has 3 atom stereocenters. The zero-order chi connectivity index (χ0) is 31.3. The Labute approximate surface area is 263 Å². The van der Waals surface area contributed by atoms with Gasteiger partial charge in [-0.1, -0.05) is 49.4 Å². The molecule has 45 heavy (non-hydrogen) atoms. The largest absolute Gasteiger partial charge is 0.444 e. The predicted octanol–water partition coefficient (Wildman–Crippen LogP) is 7.60. The highest BCUT2D eigenvalue weighted by atomic mass is 16.6. The van der Waals surface area contributed by atoms with E-state index in [9.17, 15) is 9.59 Å². The van der Waals surface area contributed by atoms with Gasteiger partial charge in [0.05, 0.1) is 35.5 Å². The Bertz CT molecular complexity index is 1870. The van der Waals surface area contributed by atoms with Crippen molar-refractivity contribution in [3.8, 4) is 22.4 Å². The van der Waals surface area contributed by atoms with Crippen molar-refractivity contribution in [2.45, 2.75) is 77.6 Å². The Morgan fingerprint density at radius 2 is 1.82 bits per heavy atom. The van der Waals surface area contributed by atoms with Gasteiger partial charge < -0.3 is 24.5 Å². The van der Waals surface area contributed by atoms with E-state index in [-0.39, 0.29) is 12.1 Å². The first-order chi connectivity index (χ1) is 21.7. The van der Waals surface area contributed by atoms with Gasteiger partial charge in [0.25, 0.3) is 0 Å². The smallest absolute Gasteiger partial charge is 0.410 e. The third-order valence-electron chi connectivity index (χ3n) is 9.17. The van der Waals surface area contributed by atoms with Crippen molar-refractivity contribution in [3.05, 3.63) is 72.4 Å². The molecule has 2 amide bonds. The number of rotatable bonds is 8. The number of hydrogen-bond acceptors (Lipinski definition) is 5. The SMILES string of the molecule is CCCN(Cc1ncc(-c2ccc(-c3ccc4c(ccc5[nH]c(C6C7CCC(C7)N6C=O)nc54)c3)cc2)[nH]1)C(=O)OC(C)(C)C. The van der Waals surface area contributed by atoms with E-state index in [4.69, 9.17) is 9.72 Å². The van der Waals surface area contributed by atoms with Crippen LogP contribution in [-0.2, 0) is 16.1 Å². The first-order valence-corrected chi connectivity index (χ1v) is 16.0. The Balaban J connectivity index is 1.09. The minimum absolute atomic E-state index is 0.0488. The molecule has 1 saturated carbocycles. The number of H-pyrrole nitrogens is 2. The number of piperidine rings is 1. The molecule has 0 spiro atoms. The van der Waals surface area contributed by atoms with Gasteiger partial charge in [-0.15, -0.1) is 0 Å². The van der Waals surface area contributed by atoms with Crippen LogP contribution in [-0.4, -0.2) is 60.4 Å². The maximum absolute atomic E-state index is 12.7. The lowest BCUT2D eigenvalue weighted by atomic mass is 9.98. The summed E-state index contributed by atoms with van der Waals surface area (Å²) in [7, 11) is 0. The molecule has 7 rings (SSSR count). The Hall–Kier alpha value is -4.66. The Kier molecular flexibility index (Phi) is 7.34. The molecule has 2 aromatic heterocycles. The average molecular weight is 605 g/mol. The maximum Gasteiger partial charge on any atom is 0.410 e. The molecule has 2 fully saturated rings. The number of aromatic nitrogens is 4. The third-order valence-corrected chi connectivity index (χ3v) is 9.17. The van der Waals surface area contributed by atoms with Crippen LogP contribution < -0.4 is 0 Å². The molecule has 9 heteroatoms. The standard InChI is InChI=1S/C36H40N6O3/c1-5-16-41(35(44)45-36(2,3)4)20-31-37-19-30(38-31)23-8-6-22(7-9-23)24-11-14-28-25(17-24)12-15-29-32(28)40-34(39-29)33-26-10-13-27(18-26)42(33)21-43/h6-9,11-12,14-15,17,19,21,26-27,33H,5,10,13,16,18,20H2,1-4H3,(H,37,38)(H,39,40). The average Bonchev–Trinajstić information content (AvgIpc) is 3.83. The molecule has 1 aliphatic carbocycles. The Morgan fingerprint density at radius 3 is 2.58 bits per heavy atom. The Morgan fingerprint density at radius 1 is 1.04 bits per heavy atom. The number of fused-ring (bicyclic) bond motifs is 5. The van der Waals surface area contributed by atoms with Gasteiger partial charge in [-0.05, 0) is 86.6 Å². The fraction of sp³-hybridized carbons (Fsp3) is 0.389. The number of aromatic amines is 2. The lowest BCUT2D eigenvalue weighted by Crippen LogP contribution is -2.37. The van der Waals surface area contributed by atoms with Crippen molar-refractivity contribution in [2.75, 3.05) is 6.54 Å². The highest BCUT2D eigenvalue weighted by Gasteiger charge is 2.47. The number of imidazole rings is 2. The van der Waals surface area contributed by atoms with Crippen molar-refractivity contribution in [1.29, 1.82) is 0 Å². The van der Waals surface area contributed by atoms with Gasteiger partial charge >= 0.3 is 6.09 Å². The number of hydrogen-bond donors (Lipinski definition) is 2. The molecule has 3 unspecified atom stereocenters. The van der Waals surface area contributed by atoms with Crippen molar-refractivity contribution < 1.29 is 14.3 Å². The molecule has 9 nitrogen and oxygen atoms in total. The highest BCUT2D eigenvalue weighted by molar-refractivity contribution is 6.05. The molecule has 2 aliphatic rings.